The fraction of sp³-hybridized carbons (Fsp3) is 0.320. The number of hydrogen-bond acceptors (Lipinski definition) is 5. The van der Waals surface area contributed by atoms with Crippen LogP contribution in [0.25, 0.3) is 0 Å². The first-order valence-corrected chi connectivity index (χ1v) is 12.1. The van der Waals surface area contributed by atoms with Gasteiger partial charge in [0.05, 0.1) is 24.7 Å². The summed E-state index contributed by atoms with van der Waals surface area (Å²) in [6.07, 6.45) is 6.53. The third kappa shape index (κ3) is 3.97. The predicted molar refractivity (Wildman–Crippen MR) is 128 cm³/mol. The Kier molecular flexibility index (Phi) is 6.01. The van der Waals surface area contributed by atoms with Crippen molar-refractivity contribution in [1.82, 2.24) is 5.01 Å². The summed E-state index contributed by atoms with van der Waals surface area (Å²) in [5.41, 5.74) is 1.53. The van der Waals surface area contributed by atoms with Gasteiger partial charge in [0.2, 0.25) is 0 Å². The molecule has 5 rings (SSSR count). The van der Waals surface area contributed by atoms with Crippen LogP contribution in [0.2, 0.25) is 5.02 Å². The van der Waals surface area contributed by atoms with Gasteiger partial charge in [-0.05, 0) is 59.3 Å². The van der Waals surface area contributed by atoms with Crippen molar-refractivity contribution in [3.05, 3.63) is 69.2 Å². The fourth-order valence-corrected chi connectivity index (χ4v) is 5.54. The Bertz CT molecular complexity index is 1150. The normalized spacial score (nSPS) is 25.4. The van der Waals surface area contributed by atoms with Crippen molar-refractivity contribution in [2.45, 2.75) is 20.0 Å². The minimum Gasteiger partial charge on any atom is -0.490 e. The van der Waals surface area contributed by atoms with Crippen LogP contribution in [0.1, 0.15) is 24.5 Å². The van der Waals surface area contributed by atoms with Crippen LogP contribution >= 0.6 is 27.5 Å². The van der Waals surface area contributed by atoms with Crippen LogP contribution in [0.4, 0.5) is 0 Å². The zero-order valence-electron chi connectivity index (χ0n) is 17.9. The van der Waals surface area contributed by atoms with Crippen molar-refractivity contribution in [2.75, 3.05) is 6.61 Å². The number of allylic oxidation sites excluding steroid dienone is 2. The van der Waals surface area contributed by atoms with Crippen molar-refractivity contribution in [3.8, 4) is 11.5 Å². The Morgan fingerprint density at radius 1 is 1.09 bits per heavy atom. The van der Waals surface area contributed by atoms with Crippen LogP contribution in [-0.4, -0.2) is 29.6 Å². The Morgan fingerprint density at radius 3 is 2.42 bits per heavy atom. The molecular weight excluding hydrogens is 508 g/mol. The van der Waals surface area contributed by atoms with Crippen molar-refractivity contribution < 1.29 is 19.1 Å². The first-order valence-electron chi connectivity index (χ1n) is 10.9. The standard InChI is InChI=1S/C25H22BrClN2O4/c1-2-32-20-10-17(18(26)11-21(20)33-13-16-5-3-4-6-19(16)27)12-28-29-24(30)22-14-7-8-15(9-14)23(22)25(29)31/h3-8,10-12,14-15,22-23H,2,9,13H2,1H3/t14-,15-,22-,23+/m0/s1. The van der Waals surface area contributed by atoms with Crippen LogP contribution in [0, 0.1) is 23.7 Å². The van der Waals surface area contributed by atoms with Gasteiger partial charge in [-0.15, -0.1) is 0 Å². The molecule has 0 aromatic heterocycles. The molecule has 33 heavy (non-hydrogen) atoms. The van der Waals surface area contributed by atoms with Crippen molar-refractivity contribution in [2.24, 2.45) is 28.8 Å². The zero-order chi connectivity index (χ0) is 23.1. The molecule has 0 spiro atoms. The molecule has 4 atom stereocenters. The number of fused-ring (bicyclic) bond motifs is 5. The Hall–Kier alpha value is -2.64. The second-order valence-electron chi connectivity index (χ2n) is 8.37. The molecule has 3 aliphatic rings. The van der Waals surface area contributed by atoms with Crippen LogP contribution in [0.15, 0.2) is 58.1 Å². The second-order valence-corrected chi connectivity index (χ2v) is 9.63. The van der Waals surface area contributed by atoms with Gasteiger partial charge in [-0.2, -0.15) is 10.1 Å². The van der Waals surface area contributed by atoms with Gasteiger partial charge >= 0.3 is 0 Å². The molecule has 0 unspecified atom stereocenters. The van der Waals surface area contributed by atoms with Crippen molar-refractivity contribution in [3.63, 3.8) is 0 Å². The van der Waals surface area contributed by atoms with E-state index in [4.69, 9.17) is 21.1 Å². The minimum absolute atomic E-state index is 0.155. The number of carbonyl (C=O) groups excluding carboxylic acids is 2. The highest BCUT2D eigenvalue weighted by Crippen LogP contribution is 2.52. The molecule has 0 N–H and O–H groups in total. The number of ether oxygens (including phenoxy) is 2. The van der Waals surface area contributed by atoms with E-state index in [-0.39, 0.29) is 42.1 Å². The van der Waals surface area contributed by atoms with Crippen molar-refractivity contribution >= 4 is 45.6 Å². The van der Waals surface area contributed by atoms with Crippen LogP contribution in [0.5, 0.6) is 11.5 Å². The molecule has 2 bridgehead atoms. The molecule has 2 aliphatic carbocycles. The summed E-state index contributed by atoms with van der Waals surface area (Å²) in [6, 6.07) is 11.0. The number of imide groups is 1. The number of carbonyl (C=O) groups is 2. The van der Waals surface area contributed by atoms with E-state index >= 15 is 0 Å². The molecule has 6 nitrogen and oxygen atoms in total. The molecule has 1 saturated heterocycles. The molecule has 1 aliphatic heterocycles. The maximum atomic E-state index is 12.9. The molecule has 2 amide bonds. The molecule has 8 heteroatoms. The lowest BCUT2D eigenvalue weighted by Gasteiger charge is -2.15. The summed E-state index contributed by atoms with van der Waals surface area (Å²) in [6.45, 7) is 2.62. The van der Waals surface area contributed by atoms with E-state index < -0.39 is 0 Å². The first kappa shape index (κ1) is 22.2. The minimum atomic E-state index is -0.271. The zero-order valence-corrected chi connectivity index (χ0v) is 20.3. The van der Waals surface area contributed by atoms with E-state index in [0.717, 1.165) is 17.0 Å². The van der Waals surface area contributed by atoms with E-state index in [2.05, 4.69) is 33.2 Å². The summed E-state index contributed by atoms with van der Waals surface area (Å²) >= 11 is 9.77. The Morgan fingerprint density at radius 2 is 1.76 bits per heavy atom. The number of benzene rings is 2. The number of amides is 2. The maximum absolute atomic E-state index is 12.9. The summed E-state index contributed by atoms with van der Waals surface area (Å²) in [5.74, 6) is 0.432. The van der Waals surface area contributed by atoms with E-state index in [1.54, 1.807) is 12.1 Å². The van der Waals surface area contributed by atoms with Gasteiger partial charge in [0.1, 0.15) is 6.61 Å². The molecule has 2 aromatic rings. The third-order valence-corrected chi connectivity index (χ3v) is 7.52. The fourth-order valence-electron chi connectivity index (χ4n) is 4.92. The smallest absolute Gasteiger partial charge is 0.254 e. The van der Waals surface area contributed by atoms with Crippen LogP contribution in [0.3, 0.4) is 0 Å². The lowest BCUT2D eigenvalue weighted by molar-refractivity contribution is -0.140. The van der Waals surface area contributed by atoms with Gasteiger partial charge in [-0.1, -0.05) is 42.0 Å². The average Bonchev–Trinajstić information content (AvgIpc) is 3.48. The van der Waals surface area contributed by atoms with Gasteiger partial charge < -0.3 is 9.47 Å². The quantitative estimate of drug-likeness (QED) is 0.280. The number of hydrogen-bond donors (Lipinski definition) is 0. The van der Waals surface area contributed by atoms with Crippen LogP contribution in [-0.2, 0) is 16.2 Å². The SMILES string of the molecule is CCOc1cc(C=NN2C(=O)[C@@H]3[C@H](C2=O)[C@H]2C=C[C@H]3C2)c(Br)cc1OCc1ccccc1Cl. The number of halogens is 2. The molecule has 0 radical (unpaired) electrons. The largest absolute Gasteiger partial charge is 0.490 e. The summed E-state index contributed by atoms with van der Waals surface area (Å²) in [4.78, 5) is 25.7. The Balaban J connectivity index is 1.36. The molecule has 2 fully saturated rings. The van der Waals surface area contributed by atoms with Gasteiger partial charge in [0.25, 0.3) is 11.8 Å². The van der Waals surface area contributed by atoms with Gasteiger partial charge in [-0.3, -0.25) is 9.59 Å². The Labute approximate surface area is 205 Å². The maximum Gasteiger partial charge on any atom is 0.254 e. The highest BCUT2D eigenvalue weighted by Gasteiger charge is 2.59. The predicted octanol–water partition coefficient (Wildman–Crippen LogP) is 5.22. The molecule has 2 aromatic carbocycles. The van der Waals surface area contributed by atoms with E-state index in [1.807, 2.05) is 31.2 Å². The lowest BCUT2D eigenvalue weighted by atomic mass is 9.85. The number of hydrazone groups is 1. The molecule has 170 valence electrons. The third-order valence-electron chi connectivity index (χ3n) is 6.46. The topological polar surface area (TPSA) is 68.2 Å². The average molecular weight is 530 g/mol. The van der Waals surface area contributed by atoms with Crippen molar-refractivity contribution in [1.29, 1.82) is 0 Å². The van der Waals surface area contributed by atoms with Gasteiger partial charge in [-0.25, -0.2) is 0 Å². The first-order chi connectivity index (χ1) is 16.0. The van der Waals surface area contributed by atoms with E-state index in [0.29, 0.717) is 33.2 Å². The van der Waals surface area contributed by atoms with Crippen LogP contribution < -0.4 is 9.47 Å². The highest BCUT2D eigenvalue weighted by molar-refractivity contribution is 9.10. The number of rotatable bonds is 7. The summed E-state index contributed by atoms with van der Waals surface area (Å²) in [5, 5.41) is 5.94. The monoisotopic (exact) mass is 528 g/mol. The van der Waals surface area contributed by atoms with E-state index in [9.17, 15) is 9.59 Å². The summed E-state index contributed by atoms with van der Waals surface area (Å²) in [7, 11) is 0. The van der Waals surface area contributed by atoms with Gasteiger partial charge in [0.15, 0.2) is 11.5 Å². The lowest BCUT2D eigenvalue weighted by Crippen LogP contribution is -2.28. The molecular formula is C25H22BrClN2O4. The summed E-state index contributed by atoms with van der Waals surface area (Å²) < 4.78 is 12.4. The second kappa shape index (κ2) is 8.95. The molecule has 1 saturated carbocycles. The van der Waals surface area contributed by atoms with Gasteiger partial charge in [0, 0.05) is 20.6 Å². The van der Waals surface area contributed by atoms with E-state index in [1.165, 1.54) is 6.21 Å². The number of nitrogens with zero attached hydrogens (tertiary/aromatic N) is 2. The highest BCUT2D eigenvalue weighted by atomic mass is 79.9. The molecule has 1 heterocycles.